The zero-order chi connectivity index (χ0) is 19.4. The molecule has 2 nitrogen and oxygen atoms in total. The Labute approximate surface area is 166 Å². The van der Waals surface area contributed by atoms with Crippen LogP contribution < -0.4 is 5.73 Å². The third-order valence-corrected chi connectivity index (χ3v) is 4.96. The van der Waals surface area contributed by atoms with E-state index in [1.165, 1.54) is 12.1 Å². The van der Waals surface area contributed by atoms with Crippen molar-refractivity contribution in [2.45, 2.75) is 47.7 Å². The van der Waals surface area contributed by atoms with Gasteiger partial charge in [0.05, 0.1) is 12.2 Å². The summed E-state index contributed by atoms with van der Waals surface area (Å²) in [6.07, 6.45) is -2.74. The van der Waals surface area contributed by atoms with Gasteiger partial charge in [-0.05, 0) is 62.1 Å². The van der Waals surface area contributed by atoms with Crippen LogP contribution in [0.3, 0.4) is 0 Å². The third-order valence-electron chi connectivity index (χ3n) is 3.98. The van der Waals surface area contributed by atoms with E-state index in [-0.39, 0.29) is 19.0 Å². The predicted molar refractivity (Wildman–Crippen MR) is 102 cm³/mol. The minimum atomic E-state index is -4.41. The number of halogens is 5. The Morgan fingerprint density at radius 2 is 1.74 bits per heavy atom. The normalized spacial score (nSPS) is 13.7. The number of hydrogen-bond donors (Lipinski definition) is 2. The lowest BCUT2D eigenvalue weighted by atomic mass is 9.95. The van der Waals surface area contributed by atoms with Crippen molar-refractivity contribution in [3.63, 3.8) is 0 Å². The summed E-state index contributed by atoms with van der Waals surface area (Å²) in [6.45, 7) is 1.60. The Bertz CT molecular complexity index is 753. The zero-order valence-electron chi connectivity index (χ0n) is 14.7. The van der Waals surface area contributed by atoms with Gasteiger partial charge in [-0.15, -0.1) is 12.4 Å². The lowest BCUT2D eigenvalue weighted by Crippen LogP contribution is -2.40. The monoisotopic (exact) mass is 423 g/mol. The summed E-state index contributed by atoms with van der Waals surface area (Å²) in [5.74, 6) is -0.398. The van der Waals surface area contributed by atoms with Crippen molar-refractivity contribution < 1.29 is 22.7 Å². The van der Waals surface area contributed by atoms with Gasteiger partial charge in [-0.25, -0.2) is 4.39 Å². The van der Waals surface area contributed by atoms with E-state index >= 15 is 0 Å². The molecule has 8 heteroatoms. The Morgan fingerprint density at radius 3 is 2.33 bits per heavy atom. The van der Waals surface area contributed by atoms with E-state index in [0.717, 1.165) is 23.9 Å². The van der Waals surface area contributed by atoms with E-state index in [4.69, 9.17) is 10.8 Å². The molecule has 2 rings (SSSR count). The third kappa shape index (κ3) is 7.33. The fourth-order valence-corrected chi connectivity index (χ4v) is 3.33. The van der Waals surface area contributed by atoms with Crippen LogP contribution >= 0.6 is 24.2 Å². The molecule has 0 aliphatic carbocycles. The maximum Gasteiger partial charge on any atom is 0.416 e. The van der Waals surface area contributed by atoms with Crippen LogP contribution in [0.15, 0.2) is 52.3 Å². The quantitative estimate of drug-likeness (QED) is 0.582. The van der Waals surface area contributed by atoms with Crippen LogP contribution in [0.2, 0.25) is 0 Å². The SMILES string of the molecule is CC(N)(CO)CCCc1ccc(Sc2cccc(C(F)(F)F)c2)cc1F.Cl. The van der Waals surface area contributed by atoms with Crippen LogP contribution in [0, 0.1) is 5.82 Å². The first-order valence-corrected chi connectivity index (χ1v) is 8.96. The van der Waals surface area contributed by atoms with Crippen molar-refractivity contribution in [2.24, 2.45) is 5.73 Å². The van der Waals surface area contributed by atoms with Crippen molar-refractivity contribution in [3.8, 4) is 0 Å². The van der Waals surface area contributed by atoms with Gasteiger partial charge >= 0.3 is 6.18 Å². The van der Waals surface area contributed by atoms with E-state index in [2.05, 4.69) is 0 Å². The molecule has 0 heterocycles. The smallest absolute Gasteiger partial charge is 0.394 e. The molecule has 3 N–H and O–H groups in total. The molecule has 1 atom stereocenters. The van der Waals surface area contributed by atoms with Gasteiger partial charge in [0.25, 0.3) is 0 Å². The molecule has 0 aromatic heterocycles. The van der Waals surface area contributed by atoms with Crippen molar-refractivity contribution in [1.82, 2.24) is 0 Å². The molecule has 0 aliphatic rings. The van der Waals surface area contributed by atoms with Crippen molar-refractivity contribution in [2.75, 3.05) is 6.61 Å². The van der Waals surface area contributed by atoms with Crippen LogP contribution in [0.4, 0.5) is 17.6 Å². The van der Waals surface area contributed by atoms with Crippen molar-refractivity contribution in [1.29, 1.82) is 0 Å². The van der Waals surface area contributed by atoms with Gasteiger partial charge in [-0.3, -0.25) is 0 Å². The summed E-state index contributed by atoms with van der Waals surface area (Å²) in [5, 5.41) is 9.12. The van der Waals surface area contributed by atoms with Crippen LogP contribution in [0.25, 0.3) is 0 Å². The Kier molecular flexibility index (Phi) is 8.60. The largest absolute Gasteiger partial charge is 0.416 e. The highest BCUT2D eigenvalue weighted by molar-refractivity contribution is 7.99. The molecule has 1 unspecified atom stereocenters. The average Bonchev–Trinajstić information content (AvgIpc) is 2.56. The molecule has 0 radical (unpaired) electrons. The van der Waals surface area contributed by atoms with Crippen molar-refractivity contribution >= 4 is 24.2 Å². The van der Waals surface area contributed by atoms with Gasteiger partial charge in [0.1, 0.15) is 5.82 Å². The number of aryl methyl sites for hydroxylation is 1. The first kappa shape index (κ1) is 23.8. The van der Waals surface area contributed by atoms with Crippen molar-refractivity contribution in [3.05, 3.63) is 59.4 Å². The zero-order valence-corrected chi connectivity index (χ0v) is 16.4. The van der Waals surface area contributed by atoms with E-state index in [1.54, 1.807) is 25.1 Å². The van der Waals surface area contributed by atoms with Gasteiger partial charge in [-0.1, -0.05) is 23.9 Å². The Balaban J connectivity index is 0.00000364. The first-order chi connectivity index (χ1) is 12.1. The van der Waals surface area contributed by atoms with Gasteiger partial charge < -0.3 is 10.8 Å². The highest BCUT2D eigenvalue weighted by Crippen LogP contribution is 2.34. The fraction of sp³-hybridized carbons (Fsp3) is 0.368. The molecule has 0 saturated carbocycles. The molecule has 2 aromatic carbocycles. The molecule has 0 spiro atoms. The van der Waals surface area contributed by atoms with E-state index < -0.39 is 23.1 Å². The molecule has 0 fully saturated rings. The average molecular weight is 424 g/mol. The maximum atomic E-state index is 14.2. The lowest BCUT2D eigenvalue weighted by molar-refractivity contribution is -0.137. The number of benzene rings is 2. The molecule has 0 saturated heterocycles. The lowest BCUT2D eigenvalue weighted by Gasteiger charge is -2.21. The second kappa shape index (κ2) is 9.78. The molecular weight excluding hydrogens is 402 g/mol. The highest BCUT2D eigenvalue weighted by atomic mass is 35.5. The number of hydrogen-bond acceptors (Lipinski definition) is 3. The molecule has 2 aromatic rings. The van der Waals surface area contributed by atoms with Crippen LogP contribution in [-0.4, -0.2) is 17.3 Å². The van der Waals surface area contributed by atoms with Crippen LogP contribution in [-0.2, 0) is 12.6 Å². The molecule has 150 valence electrons. The highest BCUT2D eigenvalue weighted by Gasteiger charge is 2.30. The number of alkyl halides is 3. The number of nitrogens with two attached hydrogens (primary N) is 1. The summed E-state index contributed by atoms with van der Waals surface area (Å²) in [4.78, 5) is 0.929. The summed E-state index contributed by atoms with van der Waals surface area (Å²) < 4.78 is 52.5. The molecule has 0 amide bonds. The second-order valence-electron chi connectivity index (χ2n) is 6.55. The molecule has 0 aliphatic heterocycles. The Morgan fingerprint density at radius 1 is 1.07 bits per heavy atom. The Hall–Kier alpha value is -1.28. The maximum absolute atomic E-state index is 14.2. The number of aliphatic hydroxyl groups excluding tert-OH is 1. The summed E-state index contributed by atoms with van der Waals surface area (Å²) >= 11 is 1.08. The minimum Gasteiger partial charge on any atom is -0.394 e. The molecular formula is C19H22ClF4NOS. The van der Waals surface area contributed by atoms with Gasteiger partial charge in [0.2, 0.25) is 0 Å². The van der Waals surface area contributed by atoms with Crippen LogP contribution in [0.1, 0.15) is 30.9 Å². The number of rotatable bonds is 7. The standard InChI is InChI=1S/C19H21F4NOS.ClH/c1-18(24,12-25)9-3-4-13-7-8-16(11-17(13)20)26-15-6-2-5-14(10-15)19(21,22)23;/h2,5-8,10-11,25H,3-4,9,12,24H2,1H3;1H. The topological polar surface area (TPSA) is 46.2 Å². The first-order valence-electron chi connectivity index (χ1n) is 8.14. The summed E-state index contributed by atoms with van der Waals surface area (Å²) in [6, 6.07) is 9.60. The fourth-order valence-electron chi connectivity index (χ4n) is 2.43. The summed E-state index contributed by atoms with van der Waals surface area (Å²) in [5.41, 5.74) is 4.95. The minimum absolute atomic E-state index is 0. The summed E-state index contributed by atoms with van der Waals surface area (Å²) in [7, 11) is 0. The van der Waals surface area contributed by atoms with Gasteiger partial charge in [0, 0.05) is 15.3 Å². The van der Waals surface area contributed by atoms with E-state index in [1.807, 2.05) is 0 Å². The molecule has 0 bridgehead atoms. The van der Waals surface area contributed by atoms with E-state index in [0.29, 0.717) is 34.6 Å². The number of aliphatic hydroxyl groups is 1. The predicted octanol–water partition coefficient (Wildman–Crippen LogP) is 5.45. The van der Waals surface area contributed by atoms with Gasteiger partial charge in [-0.2, -0.15) is 13.2 Å². The van der Waals surface area contributed by atoms with E-state index in [9.17, 15) is 17.6 Å². The van der Waals surface area contributed by atoms with Gasteiger partial charge in [0.15, 0.2) is 0 Å². The van der Waals surface area contributed by atoms with Crippen LogP contribution in [0.5, 0.6) is 0 Å². The second-order valence-corrected chi connectivity index (χ2v) is 7.69. The molecule has 27 heavy (non-hydrogen) atoms.